The van der Waals surface area contributed by atoms with Crippen molar-refractivity contribution < 1.29 is 171 Å². The van der Waals surface area contributed by atoms with Gasteiger partial charge in [-0.1, -0.05) is 0 Å². The molecule has 0 spiro atoms. The van der Waals surface area contributed by atoms with Crippen molar-refractivity contribution in [3.05, 3.63) is 0 Å². The zero-order valence-electron chi connectivity index (χ0n) is 36.6. The maximum absolute atomic E-state index is 9.94. The highest BCUT2D eigenvalue weighted by Gasteiger charge is 2.52. The van der Waals surface area contributed by atoms with E-state index in [0.29, 0.717) is 0 Å². The highest BCUT2D eigenvalue weighted by atomic mass is 16.7. The topological polar surface area (TPSA) is 619 Å². The van der Waals surface area contributed by atoms with Gasteiger partial charge in [-0.15, -0.1) is 0 Å². The second-order valence-electron chi connectivity index (χ2n) is 15.9. The number of aliphatic hydroxyl groups is 27. The lowest BCUT2D eigenvalue weighted by atomic mass is 9.97. The average molecular weight is 1050 g/mol. The number of hydrogen-bond acceptors (Lipinski definition) is 34. The maximum atomic E-state index is 9.94. The summed E-state index contributed by atoms with van der Waals surface area (Å²) in [4.78, 5) is 9.90. The van der Waals surface area contributed by atoms with E-state index < -0.39 is 218 Å². The molecule has 34 nitrogen and oxygen atoms in total. The number of carbonyl (C=O) groups excluding carboxylic acids is 1. The second-order valence-corrected chi connectivity index (χ2v) is 15.9. The van der Waals surface area contributed by atoms with Crippen LogP contribution in [0.5, 0.6) is 0 Å². The van der Waals surface area contributed by atoms with E-state index in [4.69, 9.17) is 94.8 Å². The molecule has 0 aromatic rings. The number of hydrogen-bond donors (Lipinski definition) is 27. The van der Waals surface area contributed by atoms with E-state index in [0.717, 1.165) is 0 Å². The lowest BCUT2D eigenvalue weighted by Crippen LogP contribution is -2.64. The number of ether oxygens (including phenoxy) is 6. The summed E-state index contributed by atoms with van der Waals surface area (Å²) in [5, 5.41) is 249. The number of carbonyl (C=O) groups is 1. The van der Waals surface area contributed by atoms with E-state index in [9.17, 15) is 76.3 Å². The summed E-state index contributed by atoms with van der Waals surface area (Å²) in [6.45, 7) is -4.90. The highest BCUT2D eigenvalue weighted by Crippen LogP contribution is 2.30. The summed E-state index contributed by atoms with van der Waals surface area (Å²) < 4.78 is 30.5. The van der Waals surface area contributed by atoms with E-state index >= 15 is 0 Å². The quantitative estimate of drug-likeness (QED) is 0.0567. The van der Waals surface area contributed by atoms with Gasteiger partial charge < -0.3 is 171 Å². The van der Waals surface area contributed by atoms with Crippen LogP contribution in [0, 0.1) is 0 Å². The maximum Gasteiger partial charge on any atom is 0.187 e. The third-order valence-corrected chi connectivity index (χ3v) is 10.9. The number of rotatable bonds is 18. The monoisotopic (exact) mass is 1050 g/mol. The minimum Gasteiger partial charge on any atom is -0.394 e. The van der Waals surface area contributed by atoms with E-state index in [1.807, 2.05) is 0 Å². The fraction of sp³-hybridized carbons (Fsp3) is 0.972. The van der Waals surface area contributed by atoms with Gasteiger partial charge >= 0.3 is 0 Å². The third-order valence-electron chi connectivity index (χ3n) is 10.9. The average Bonchev–Trinajstić information content (AvgIpc) is 3.37. The van der Waals surface area contributed by atoms with Gasteiger partial charge in [-0.2, -0.15) is 0 Å². The van der Waals surface area contributed by atoms with Crippen LogP contribution in [0.15, 0.2) is 0 Å². The van der Waals surface area contributed by atoms with Crippen molar-refractivity contribution >= 4 is 6.29 Å². The fourth-order valence-corrected chi connectivity index (χ4v) is 6.43. The molecule has 70 heavy (non-hydrogen) atoms. The first-order chi connectivity index (χ1) is 32.7. The summed E-state index contributed by atoms with van der Waals surface area (Å²) in [5.74, 6) is 0. The van der Waals surface area contributed by atoms with E-state index in [1.54, 1.807) is 0 Å². The smallest absolute Gasteiger partial charge is 0.187 e. The first kappa shape index (κ1) is 66.4. The molecule has 4 aliphatic heterocycles. The Bertz CT molecular complexity index is 1300. The summed E-state index contributed by atoms with van der Waals surface area (Å²) in [5.41, 5.74) is 0. The summed E-state index contributed by atoms with van der Waals surface area (Å²) in [7, 11) is 0. The van der Waals surface area contributed by atoms with Gasteiger partial charge in [0, 0.05) is 0 Å². The summed E-state index contributed by atoms with van der Waals surface area (Å²) >= 11 is 0. The molecule has 418 valence electrons. The Morgan fingerprint density at radius 2 is 0.643 bits per heavy atom. The van der Waals surface area contributed by atoms with Crippen LogP contribution in [0.4, 0.5) is 0 Å². The standard InChI is InChI=1S/2C12H22O11.C6H14O6.C6H12O6/c2*13-1-3-5(15)6(16)9(19)12(22-3)23-10-4(2-14)21-11(20)8(18)7(10)17;2*7-1-3(9)5(11)6(12)4(10)2-8/h2*3-20H,1-2H2;3-12H,1-2H2;1,3-6,8-12H,2H2/t3-,4-,5+,6+,7-,8-,9-,10-,11-,12+;3-,4-,5-,6+,7-,8-,9-,10-,11-,12-;3-,4-,5-,6-;3-,4+,5+,6+/m1110/s1. The predicted molar refractivity (Wildman–Crippen MR) is 213 cm³/mol. The van der Waals surface area contributed by atoms with Crippen LogP contribution >= 0.6 is 0 Å². The minimum atomic E-state index is -1.79. The Balaban J connectivity index is 0.000000490. The molecule has 4 saturated heterocycles. The zero-order chi connectivity index (χ0) is 54.1. The first-order valence-corrected chi connectivity index (χ1v) is 21.0. The molecule has 4 heterocycles. The molecule has 0 aromatic carbocycles. The predicted octanol–water partition coefficient (Wildman–Crippen LogP) is -17.8. The number of aldehydes is 1. The van der Waals surface area contributed by atoms with Gasteiger partial charge in [-0.05, 0) is 0 Å². The van der Waals surface area contributed by atoms with Crippen molar-refractivity contribution in [3.63, 3.8) is 0 Å². The largest absolute Gasteiger partial charge is 0.394 e. The van der Waals surface area contributed by atoms with Gasteiger partial charge in [0.05, 0.1) is 46.2 Å². The van der Waals surface area contributed by atoms with Crippen LogP contribution in [-0.2, 0) is 33.2 Å². The molecular formula is C36H70O34. The Hall–Kier alpha value is -1.65. The van der Waals surface area contributed by atoms with Gasteiger partial charge in [0.15, 0.2) is 31.4 Å². The Morgan fingerprint density at radius 3 is 0.900 bits per heavy atom. The minimum absolute atomic E-state index is 0.0258. The van der Waals surface area contributed by atoms with Crippen molar-refractivity contribution in [2.45, 2.75) is 172 Å². The molecule has 0 aromatic heterocycles. The normalized spacial score (nSPS) is 41.2. The highest BCUT2D eigenvalue weighted by molar-refractivity contribution is 5.56. The number of aliphatic hydroxyl groups excluding tert-OH is 27. The van der Waals surface area contributed by atoms with Crippen molar-refractivity contribution in [1.29, 1.82) is 0 Å². The van der Waals surface area contributed by atoms with Gasteiger partial charge in [-0.3, -0.25) is 0 Å². The summed E-state index contributed by atoms with van der Waals surface area (Å²) in [6, 6.07) is 0. The van der Waals surface area contributed by atoms with E-state index in [-0.39, 0.29) is 6.29 Å². The van der Waals surface area contributed by atoms with Gasteiger partial charge in [0.2, 0.25) is 0 Å². The zero-order valence-corrected chi connectivity index (χ0v) is 36.6. The molecule has 0 saturated carbocycles. The van der Waals surface area contributed by atoms with E-state index in [1.165, 1.54) is 0 Å². The molecule has 0 amide bonds. The van der Waals surface area contributed by atoms with Crippen LogP contribution in [0.25, 0.3) is 0 Å². The van der Waals surface area contributed by atoms with Crippen molar-refractivity contribution in [3.8, 4) is 0 Å². The third kappa shape index (κ3) is 17.7. The molecule has 28 atom stereocenters. The lowest BCUT2D eigenvalue weighted by Gasteiger charge is -2.45. The molecule has 4 rings (SSSR count). The van der Waals surface area contributed by atoms with Crippen molar-refractivity contribution in [2.24, 2.45) is 0 Å². The van der Waals surface area contributed by atoms with E-state index in [2.05, 4.69) is 0 Å². The molecule has 0 aliphatic carbocycles. The van der Waals surface area contributed by atoms with Gasteiger partial charge in [0.25, 0.3) is 0 Å². The van der Waals surface area contributed by atoms with Gasteiger partial charge in [0.1, 0.15) is 146 Å². The molecule has 4 aliphatic rings. The molecule has 27 N–H and O–H groups in total. The molecule has 0 bridgehead atoms. The first-order valence-electron chi connectivity index (χ1n) is 21.0. The Morgan fingerprint density at radius 1 is 0.357 bits per heavy atom. The van der Waals surface area contributed by atoms with Gasteiger partial charge in [-0.25, -0.2) is 0 Å². The van der Waals surface area contributed by atoms with Crippen molar-refractivity contribution in [2.75, 3.05) is 46.2 Å². The van der Waals surface area contributed by atoms with Crippen LogP contribution in [0.2, 0.25) is 0 Å². The van der Waals surface area contributed by atoms with Crippen molar-refractivity contribution in [1.82, 2.24) is 0 Å². The molecule has 34 heteroatoms. The molecular weight excluding hydrogens is 976 g/mol. The lowest BCUT2D eigenvalue weighted by molar-refractivity contribution is -0.355. The summed E-state index contributed by atoms with van der Waals surface area (Å²) in [6.07, 6.45) is -44.4. The van der Waals surface area contributed by atoms with Crippen LogP contribution in [0.1, 0.15) is 0 Å². The fourth-order valence-electron chi connectivity index (χ4n) is 6.43. The Kier molecular flexibility index (Phi) is 30.3. The SMILES string of the molecule is O=C[C@H](O)[C@@H](O)[C@H](O)[C@H](O)CO.OC[C@@H](O)[C@@H](O)[C@H](O)[C@H](O)CO.OC[C@H]1O[C@@H](O[C@H]2[C@H](O)[C@@H](O)[C@H](O)O[C@@H]2CO)[C@H](O)[C@@H](O)[C@H]1O.OC[C@H]1O[C@H](O[C@H]2[C@H](O)[C@@H](O)[C@H](O)O[C@@H]2CO)[C@H](O)[C@@H](O)[C@@H]1O. The van der Waals surface area contributed by atoms with Crippen LogP contribution in [0.3, 0.4) is 0 Å². The van der Waals surface area contributed by atoms with Crippen LogP contribution in [-0.4, -0.2) is 362 Å². The molecule has 4 fully saturated rings. The molecule has 0 radical (unpaired) electrons. The van der Waals surface area contributed by atoms with Crippen LogP contribution < -0.4 is 0 Å². The Labute approximate surface area is 395 Å². The molecule has 0 unspecified atom stereocenters. The second kappa shape index (κ2) is 31.9.